The summed E-state index contributed by atoms with van der Waals surface area (Å²) >= 11 is 1.56. The summed E-state index contributed by atoms with van der Waals surface area (Å²) in [5.41, 5.74) is 1.12. The van der Waals surface area contributed by atoms with Crippen molar-refractivity contribution < 1.29 is 9.53 Å². The van der Waals surface area contributed by atoms with Gasteiger partial charge in [0.1, 0.15) is 6.23 Å². The van der Waals surface area contributed by atoms with Crippen molar-refractivity contribution in [3.05, 3.63) is 10.6 Å². The summed E-state index contributed by atoms with van der Waals surface area (Å²) in [6, 6.07) is -0.230. The van der Waals surface area contributed by atoms with Crippen LogP contribution in [0.2, 0.25) is 0 Å². The molecule has 104 valence electrons. The van der Waals surface area contributed by atoms with Gasteiger partial charge < -0.3 is 15.0 Å². The molecule has 0 bridgehead atoms. The predicted molar refractivity (Wildman–Crippen MR) is 73.3 cm³/mol. The molecule has 2 aliphatic rings. The Morgan fingerprint density at radius 1 is 1.58 bits per heavy atom. The molecule has 3 heterocycles. The fourth-order valence-electron chi connectivity index (χ4n) is 2.35. The maximum absolute atomic E-state index is 11.8. The lowest BCUT2D eigenvalue weighted by atomic mass is 10.2. The summed E-state index contributed by atoms with van der Waals surface area (Å²) in [6.07, 6.45) is 2.69. The van der Waals surface area contributed by atoms with Crippen molar-refractivity contribution in [1.29, 1.82) is 0 Å². The molecule has 0 aliphatic carbocycles. The molecule has 3 rings (SSSR count). The lowest BCUT2D eigenvalue weighted by Gasteiger charge is -2.20. The van der Waals surface area contributed by atoms with Gasteiger partial charge in [0.15, 0.2) is 5.13 Å². The van der Waals surface area contributed by atoms with E-state index in [0.717, 1.165) is 44.7 Å². The molecule has 1 atom stereocenters. The Morgan fingerprint density at radius 2 is 2.47 bits per heavy atom. The van der Waals surface area contributed by atoms with E-state index in [1.807, 2.05) is 0 Å². The zero-order valence-corrected chi connectivity index (χ0v) is 11.8. The molecule has 0 spiro atoms. The van der Waals surface area contributed by atoms with Crippen molar-refractivity contribution in [2.24, 2.45) is 0 Å². The highest BCUT2D eigenvalue weighted by Crippen LogP contribution is 2.27. The smallest absolute Gasteiger partial charge is 0.323 e. The van der Waals surface area contributed by atoms with Crippen molar-refractivity contribution in [3.8, 4) is 0 Å². The van der Waals surface area contributed by atoms with Crippen LogP contribution in [0.25, 0.3) is 0 Å². The molecular weight excluding hydrogens is 264 g/mol. The third-order valence-electron chi connectivity index (χ3n) is 3.36. The number of fused-ring (bicyclic) bond motifs is 1. The molecule has 7 heteroatoms. The quantitative estimate of drug-likeness (QED) is 0.860. The fraction of sp³-hybridized carbons (Fsp3) is 0.667. The topological polar surface area (TPSA) is 66.5 Å². The Bertz CT molecular complexity index is 470. The Hall–Kier alpha value is -1.18. The molecule has 6 nitrogen and oxygen atoms in total. The Labute approximate surface area is 116 Å². The zero-order valence-electron chi connectivity index (χ0n) is 10.9. The Kier molecular flexibility index (Phi) is 3.67. The number of ether oxygens (including phenoxy) is 1. The highest BCUT2D eigenvalue weighted by atomic mass is 32.1. The minimum absolute atomic E-state index is 0.152. The van der Waals surface area contributed by atoms with Crippen LogP contribution in [0.15, 0.2) is 0 Å². The summed E-state index contributed by atoms with van der Waals surface area (Å²) in [4.78, 5) is 19.8. The van der Waals surface area contributed by atoms with Gasteiger partial charge in [-0.1, -0.05) is 0 Å². The summed E-state index contributed by atoms with van der Waals surface area (Å²) in [5, 5.41) is 6.28. The zero-order chi connectivity index (χ0) is 13.2. The molecule has 0 aromatic carbocycles. The number of aromatic nitrogens is 1. The van der Waals surface area contributed by atoms with E-state index >= 15 is 0 Å². The first-order chi connectivity index (χ1) is 9.20. The Balaban J connectivity index is 1.59. The van der Waals surface area contributed by atoms with E-state index in [1.54, 1.807) is 11.3 Å². The van der Waals surface area contributed by atoms with Crippen LogP contribution in [-0.2, 0) is 17.7 Å². The number of carbonyl (C=O) groups excluding carboxylic acids is 1. The molecule has 1 unspecified atom stereocenters. The van der Waals surface area contributed by atoms with Crippen molar-refractivity contribution >= 4 is 22.5 Å². The van der Waals surface area contributed by atoms with Gasteiger partial charge in [-0.15, -0.1) is 11.3 Å². The van der Waals surface area contributed by atoms with Gasteiger partial charge in [0, 0.05) is 31.0 Å². The number of urea groups is 1. The molecule has 1 saturated heterocycles. The average molecular weight is 282 g/mol. The van der Waals surface area contributed by atoms with Gasteiger partial charge in [-0.05, 0) is 19.9 Å². The molecule has 1 aromatic heterocycles. The van der Waals surface area contributed by atoms with E-state index < -0.39 is 0 Å². The van der Waals surface area contributed by atoms with Gasteiger partial charge in [-0.3, -0.25) is 5.32 Å². The SMILES string of the molecule is CN1CCc2nc(NC(=O)NC3CCCO3)sc2C1. The lowest BCUT2D eigenvalue weighted by molar-refractivity contribution is 0.0928. The molecule has 2 amide bonds. The molecule has 2 N–H and O–H groups in total. The number of anilines is 1. The maximum Gasteiger partial charge on any atom is 0.323 e. The minimum atomic E-state index is -0.230. The van der Waals surface area contributed by atoms with Gasteiger partial charge in [0.2, 0.25) is 0 Å². The van der Waals surface area contributed by atoms with Crippen molar-refractivity contribution in [3.63, 3.8) is 0 Å². The molecule has 1 aromatic rings. The van der Waals surface area contributed by atoms with Crippen LogP contribution >= 0.6 is 11.3 Å². The summed E-state index contributed by atoms with van der Waals surface area (Å²) in [5.74, 6) is 0. The van der Waals surface area contributed by atoms with Crippen LogP contribution in [0, 0.1) is 0 Å². The van der Waals surface area contributed by atoms with Crippen molar-refractivity contribution in [1.82, 2.24) is 15.2 Å². The molecule has 0 saturated carbocycles. The van der Waals surface area contributed by atoms with Crippen LogP contribution < -0.4 is 10.6 Å². The second-order valence-electron chi connectivity index (χ2n) is 4.98. The average Bonchev–Trinajstić information content (AvgIpc) is 2.97. The van der Waals surface area contributed by atoms with Crippen molar-refractivity contribution in [2.45, 2.75) is 32.0 Å². The Morgan fingerprint density at radius 3 is 3.26 bits per heavy atom. The maximum atomic E-state index is 11.8. The van der Waals surface area contributed by atoms with Crippen LogP contribution in [-0.4, -0.2) is 42.3 Å². The van der Waals surface area contributed by atoms with Crippen LogP contribution in [0.5, 0.6) is 0 Å². The van der Waals surface area contributed by atoms with Crippen LogP contribution in [0.3, 0.4) is 0 Å². The number of nitrogens with one attached hydrogen (secondary N) is 2. The molecule has 2 aliphatic heterocycles. The van der Waals surface area contributed by atoms with E-state index in [2.05, 4.69) is 27.6 Å². The first-order valence-electron chi connectivity index (χ1n) is 6.57. The van der Waals surface area contributed by atoms with Gasteiger partial charge in [-0.25, -0.2) is 9.78 Å². The molecule has 19 heavy (non-hydrogen) atoms. The van der Waals surface area contributed by atoms with Gasteiger partial charge in [0.25, 0.3) is 0 Å². The fourth-order valence-corrected chi connectivity index (χ4v) is 3.43. The first kappa shape index (κ1) is 12.8. The van der Waals surface area contributed by atoms with Gasteiger partial charge >= 0.3 is 6.03 Å². The standard InChI is InChI=1S/C12H18N4O2S/c1-16-5-4-8-9(7-16)19-12(13-8)15-11(17)14-10-3-2-6-18-10/h10H,2-7H2,1H3,(H2,13,14,15,17). The highest BCUT2D eigenvalue weighted by Gasteiger charge is 2.21. The number of thiazole rings is 1. The van der Waals surface area contributed by atoms with E-state index in [9.17, 15) is 4.79 Å². The summed E-state index contributed by atoms with van der Waals surface area (Å²) in [6.45, 7) is 2.67. The third-order valence-corrected chi connectivity index (χ3v) is 4.36. The number of rotatable bonds is 2. The van der Waals surface area contributed by atoms with Gasteiger partial charge in [0.05, 0.1) is 5.69 Å². The first-order valence-corrected chi connectivity index (χ1v) is 7.38. The van der Waals surface area contributed by atoms with Gasteiger partial charge in [-0.2, -0.15) is 0 Å². The molecule has 1 fully saturated rings. The van der Waals surface area contributed by atoms with E-state index in [-0.39, 0.29) is 12.3 Å². The number of likely N-dealkylation sites (N-methyl/N-ethyl adjacent to an activating group) is 1. The summed E-state index contributed by atoms with van der Waals surface area (Å²) in [7, 11) is 2.10. The van der Waals surface area contributed by atoms with E-state index in [0.29, 0.717) is 5.13 Å². The lowest BCUT2D eigenvalue weighted by Crippen LogP contribution is -2.37. The van der Waals surface area contributed by atoms with Crippen molar-refractivity contribution in [2.75, 3.05) is 25.5 Å². The van der Waals surface area contributed by atoms with Crippen LogP contribution in [0.4, 0.5) is 9.93 Å². The highest BCUT2D eigenvalue weighted by molar-refractivity contribution is 7.15. The number of amides is 2. The number of hydrogen-bond acceptors (Lipinski definition) is 5. The largest absolute Gasteiger partial charge is 0.358 e. The third kappa shape index (κ3) is 3.05. The summed E-state index contributed by atoms with van der Waals surface area (Å²) < 4.78 is 5.36. The predicted octanol–water partition coefficient (Wildman–Crippen LogP) is 1.39. The number of hydrogen-bond donors (Lipinski definition) is 2. The number of nitrogens with zero attached hydrogens (tertiary/aromatic N) is 2. The normalized spacial score (nSPS) is 23.1. The molecule has 0 radical (unpaired) electrons. The molecular formula is C12H18N4O2S. The minimum Gasteiger partial charge on any atom is -0.358 e. The van der Waals surface area contributed by atoms with Crippen LogP contribution in [0.1, 0.15) is 23.4 Å². The number of carbonyl (C=O) groups is 1. The monoisotopic (exact) mass is 282 g/mol. The van der Waals surface area contributed by atoms with E-state index in [4.69, 9.17) is 4.74 Å². The second-order valence-corrected chi connectivity index (χ2v) is 6.06. The van der Waals surface area contributed by atoms with E-state index in [1.165, 1.54) is 4.88 Å². The second kappa shape index (κ2) is 5.44.